The Balaban J connectivity index is 1.76. The summed E-state index contributed by atoms with van der Waals surface area (Å²) >= 11 is 0. The standard InChI is InChI=1S/C16H23NO2/c1-2-3-9-15(16(18)19)17-11-13-10-14(13)12-7-5-4-6-8-12/h4-8,13-15,17H,2-3,9-11H2,1H3,(H,18,19)/t13-,14-,15?/m0/s1. The monoisotopic (exact) mass is 261 g/mol. The van der Waals surface area contributed by atoms with E-state index >= 15 is 0 Å². The molecule has 0 radical (unpaired) electrons. The molecule has 1 unspecified atom stereocenters. The van der Waals surface area contributed by atoms with Crippen LogP contribution in [0.15, 0.2) is 30.3 Å². The van der Waals surface area contributed by atoms with Crippen molar-refractivity contribution in [2.24, 2.45) is 5.92 Å². The van der Waals surface area contributed by atoms with Crippen LogP contribution in [0, 0.1) is 5.92 Å². The topological polar surface area (TPSA) is 49.3 Å². The van der Waals surface area contributed by atoms with Crippen LogP contribution in [0.1, 0.15) is 44.1 Å². The Kier molecular flexibility index (Phi) is 4.97. The average Bonchev–Trinajstić information content (AvgIpc) is 3.19. The Morgan fingerprint density at radius 1 is 1.42 bits per heavy atom. The molecule has 0 amide bonds. The second-order valence-electron chi connectivity index (χ2n) is 5.45. The third-order valence-corrected chi connectivity index (χ3v) is 3.92. The van der Waals surface area contributed by atoms with Crippen molar-refractivity contribution in [1.82, 2.24) is 5.32 Å². The zero-order chi connectivity index (χ0) is 13.7. The number of carboxylic acids is 1. The maximum absolute atomic E-state index is 11.1. The van der Waals surface area contributed by atoms with Crippen molar-refractivity contribution in [3.63, 3.8) is 0 Å². The molecule has 0 bridgehead atoms. The third kappa shape index (κ3) is 4.06. The summed E-state index contributed by atoms with van der Waals surface area (Å²) in [6, 6.07) is 10.1. The summed E-state index contributed by atoms with van der Waals surface area (Å²) in [5.41, 5.74) is 1.38. The minimum Gasteiger partial charge on any atom is -0.480 e. The van der Waals surface area contributed by atoms with Crippen LogP contribution in [-0.4, -0.2) is 23.7 Å². The summed E-state index contributed by atoms with van der Waals surface area (Å²) in [4.78, 5) is 11.1. The van der Waals surface area contributed by atoms with Crippen LogP contribution in [0.2, 0.25) is 0 Å². The molecule has 2 rings (SSSR count). The number of unbranched alkanes of at least 4 members (excludes halogenated alkanes) is 1. The van der Waals surface area contributed by atoms with Crippen molar-refractivity contribution in [1.29, 1.82) is 0 Å². The van der Waals surface area contributed by atoms with Gasteiger partial charge in [0.25, 0.3) is 0 Å². The van der Waals surface area contributed by atoms with Crippen LogP contribution in [-0.2, 0) is 4.79 Å². The van der Waals surface area contributed by atoms with E-state index in [1.54, 1.807) is 0 Å². The number of hydrogen-bond acceptors (Lipinski definition) is 2. The van der Waals surface area contributed by atoms with Crippen LogP contribution in [0.3, 0.4) is 0 Å². The quantitative estimate of drug-likeness (QED) is 0.756. The smallest absolute Gasteiger partial charge is 0.320 e. The summed E-state index contributed by atoms with van der Waals surface area (Å²) in [5, 5.41) is 12.4. The number of nitrogens with one attached hydrogen (secondary N) is 1. The third-order valence-electron chi connectivity index (χ3n) is 3.92. The molecule has 104 valence electrons. The van der Waals surface area contributed by atoms with Gasteiger partial charge < -0.3 is 10.4 Å². The van der Waals surface area contributed by atoms with Crippen molar-refractivity contribution >= 4 is 5.97 Å². The predicted octanol–water partition coefficient (Wildman–Crippen LogP) is 3.02. The van der Waals surface area contributed by atoms with Gasteiger partial charge in [-0.05, 0) is 36.8 Å². The first-order valence-electron chi connectivity index (χ1n) is 7.23. The molecule has 0 spiro atoms. The molecule has 1 aromatic carbocycles. The zero-order valence-electron chi connectivity index (χ0n) is 11.5. The largest absolute Gasteiger partial charge is 0.480 e. The predicted molar refractivity (Wildman–Crippen MR) is 76.2 cm³/mol. The molecule has 3 heteroatoms. The van der Waals surface area contributed by atoms with Gasteiger partial charge in [-0.2, -0.15) is 0 Å². The lowest BCUT2D eigenvalue weighted by molar-refractivity contribution is -0.139. The minimum atomic E-state index is -0.717. The highest BCUT2D eigenvalue weighted by Crippen LogP contribution is 2.46. The van der Waals surface area contributed by atoms with Crippen LogP contribution in [0.25, 0.3) is 0 Å². The maximum atomic E-state index is 11.1. The van der Waals surface area contributed by atoms with Gasteiger partial charge in [-0.25, -0.2) is 0 Å². The van der Waals surface area contributed by atoms with Crippen LogP contribution >= 0.6 is 0 Å². The lowest BCUT2D eigenvalue weighted by Crippen LogP contribution is -2.37. The molecule has 0 aliphatic heterocycles. The minimum absolute atomic E-state index is 0.378. The Morgan fingerprint density at radius 2 is 2.16 bits per heavy atom. The van der Waals surface area contributed by atoms with Crippen LogP contribution < -0.4 is 5.32 Å². The molecule has 3 nitrogen and oxygen atoms in total. The Bertz CT molecular complexity index is 404. The Labute approximate surface area is 115 Å². The van der Waals surface area contributed by atoms with Gasteiger partial charge in [-0.3, -0.25) is 4.79 Å². The molecule has 19 heavy (non-hydrogen) atoms. The first kappa shape index (κ1) is 14.1. The van der Waals surface area contributed by atoms with E-state index in [-0.39, 0.29) is 6.04 Å². The van der Waals surface area contributed by atoms with E-state index in [0.29, 0.717) is 11.8 Å². The van der Waals surface area contributed by atoms with Crippen LogP contribution in [0.5, 0.6) is 0 Å². The summed E-state index contributed by atoms with van der Waals surface area (Å²) in [5.74, 6) is 0.505. The molecular formula is C16H23NO2. The summed E-state index contributed by atoms with van der Waals surface area (Å²) in [6.45, 7) is 2.91. The highest BCUT2D eigenvalue weighted by molar-refractivity contribution is 5.73. The first-order valence-corrected chi connectivity index (χ1v) is 7.23. The van der Waals surface area contributed by atoms with Crippen molar-refractivity contribution in [3.05, 3.63) is 35.9 Å². The average molecular weight is 261 g/mol. The highest BCUT2D eigenvalue weighted by atomic mass is 16.4. The summed E-state index contributed by atoms with van der Waals surface area (Å²) < 4.78 is 0. The lowest BCUT2D eigenvalue weighted by atomic mass is 10.1. The second kappa shape index (κ2) is 6.71. The summed E-state index contributed by atoms with van der Waals surface area (Å²) in [7, 11) is 0. The molecule has 0 saturated heterocycles. The molecule has 1 saturated carbocycles. The van der Waals surface area contributed by atoms with E-state index in [1.165, 1.54) is 12.0 Å². The number of carboxylic acid groups (broad SMARTS) is 1. The van der Waals surface area contributed by atoms with Gasteiger partial charge in [0.05, 0.1) is 0 Å². The highest BCUT2D eigenvalue weighted by Gasteiger charge is 2.38. The summed E-state index contributed by atoms with van der Waals surface area (Å²) in [6.07, 6.45) is 3.92. The number of benzene rings is 1. The second-order valence-corrected chi connectivity index (χ2v) is 5.45. The van der Waals surface area contributed by atoms with Gasteiger partial charge in [0.15, 0.2) is 0 Å². The van der Waals surface area contributed by atoms with Gasteiger partial charge in [-0.15, -0.1) is 0 Å². The molecule has 2 N–H and O–H groups in total. The molecule has 0 heterocycles. The fraction of sp³-hybridized carbons (Fsp3) is 0.562. The van der Waals surface area contributed by atoms with E-state index in [1.807, 2.05) is 6.07 Å². The molecule has 3 atom stereocenters. The van der Waals surface area contributed by atoms with E-state index in [4.69, 9.17) is 5.11 Å². The van der Waals surface area contributed by atoms with E-state index in [0.717, 1.165) is 25.8 Å². The molecule has 1 aliphatic rings. The first-order chi connectivity index (χ1) is 9.22. The van der Waals surface area contributed by atoms with E-state index in [9.17, 15) is 4.79 Å². The Hall–Kier alpha value is -1.35. The van der Waals surface area contributed by atoms with Crippen LogP contribution in [0.4, 0.5) is 0 Å². The normalized spacial score (nSPS) is 23.0. The number of aliphatic carboxylic acids is 1. The van der Waals surface area contributed by atoms with Gasteiger partial charge in [0.1, 0.15) is 6.04 Å². The molecule has 0 aromatic heterocycles. The van der Waals surface area contributed by atoms with Crippen molar-refractivity contribution in [3.8, 4) is 0 Å². The molecule has 1 fully saturated rings. The van der Waals surface area contributed by atoms with Crippen molar-refractivity contribution in [2.45, 2.75) is 44.6 Å². The number of carbonyl (C=O) groups is 1. The lowest BCUT2D eigenvalue weighted by Gasteiger charge is -2.13. The van der Waals surface area contributed by atoms with Gasteiger partial charge >= 0.3 is 5.97 Å². The fourth-order valence-corrected chi connectivity index (χ4v) is 2.60. The van der Waals surface area contributed by atoms with Gasteiger partial charge in [0.2, 0.25) is 0 Å². The van der Waals surface area contributed by atoms with E-state index in [2.05, 4.69) is 36.5 Å². The Morgan fingerprint density at radius 3 is 2.79 bits per heavy atom. The number of hydrogen-bond donors (Lipinski definition) is 2. The molecular weight excluding hydrogens is 238 g/mol. The molecule has 1 aromatic rings. The van der Waals surface area contributed by atoms with Gasteiger partial charge in [0, 0.05) is 0 Å². The van der Waals surface area contributed by atoms with Gasteiger partial charge in [-0.1, -0.05) is 50.1 Å². The fourth-order valence-electron chi connectivity index (χ4n) is 2.60. The zero-order valence-corrected chi connectivity index (χ0v) is 11.5. The SMILES string of the molecule is CCCCC(NC[C@@H]1C[C@H]1c1ccccc1)C(=O)O. The maximum Gasteiger partial charge on any atom is 0.320 e. The number of rotatable bonds is 8. The van der Waals surface area contributed by atoms with Crippen molar-refractivity contribution in [2.75, 3.05) is 6.54 Å². The van der Waals surface area contributed by atoms with Crippen molar-refractivity contribution < 1.29 is 9.90 Å². The molecule has 1 aliphatic carbocycles. The van der Waals surface area contributed by atoms with E-state index < -0.39 is 5.97 Å².